The van der Waals surface area contributed by atoms with Gasteiger partial charge in [-0.25, -0.2) is 4.79 Å². The number of hydrogen-bond acceptors (Lipinski definition) is 7. The number of aryl methyl sites for hydroxylation is 1. The molecule has 0 aliphatic rings. The molecule has 0 unspecified atom stereocenters. The van der Waals surface area contributed by atoms with E-state index in [0.29, 0.717) is 5.69 Å². The van der Waals surface area contributed by atoms with Gasteiger partial charge in [0.2, 0.25) is 5.88 Å². The zero-order valence-corrected chi connectivity index (χ0v) is 12.4. The number of rotatable bonds is 5. The molecule has 0 aliphatic heterocycles. The number of carbonyl (C=O) groups is 2. The van der Waals surface area contributed by atoms with Crippen molar-refractivity contribution < 1.29 is 18.8 Å². The summed E-state index contributed by atoms with van der Waals surface area (Å²) in [5, 5.41) is 8.21. The van der Waals surface area contributed by atoms with Gasteiger partial charge in [-0.1, -0.05) is 11.2 Å². The lowest BCUT2D eigenvalue weighted by molar-refractivity contribution is -0.124. The van der Waals surface area contributed by atoms with Gasteiger partial charge in [0.15, 0.2) is 6.61 Å². The van der Waals surface area contributed by atoms with Crippen molar-refractivity contribution in [3.8, 4) is 0 Å². The summed E-state index contributed by atoms with van der Waals surface area (Å²) in [5.74, 6) is -1.24. The van der Waals surface area contributed by atoms with Crippen LogP contribution in [-0.4, -0.2) is 23.6 Å². The maximum Gasteiger partial charge on any atom is 0.346 e. The van der Waals surface area contributed by atoms with Crippen molar-refractivity contribution in [2.45, 2.75) is 19.9 Å². The van der Waals surface area contributed by atoms with Gasteiger partial charge >= 0.3 is 5.97 Å². The van der Waals surface area contributed by atoms with Crippen LogP contribution >= 0.6 is 11.3 Å². The third-order valence-electron chi connectivity index (χ3n) is 2.78. The lowest BCUT2D eigenvalue weighted by Crippen LogP contribution is -2.30. The van der Waals surface area contributed by atoms with Gasteiger partial charge in [-0.2, -0.15) is 0 Å². The third kappa shape index (κ3) is 3.60. The highest BCUT2D eigenvalue weighted by atomic mass is 32.1. The molecule has 0 saturated carbocycles. The van der Waals surface area contributed by atoms with E-state index in [1.807, 2.05) is 24.4 Å². The van der Waals surface area contributed by atoms with E-state index in [9.17, 15) is 9.59 Å². The standard InChI is InChI=1S/C13H15N3O4S/c1-7(9-4-3-5-21-9)15-10(17)6-19-13(18)11-8(2)16-20-12(11)14/h3-5,7H,6,14H2,1-2H3,(H,15,17)/t7-/m0/s1. The zero-order valence-electron chi connectivity index (χ0n) is 11.6. The number of nitrogens with zero attached hydrogens (tertiary/aromatic N) is 1. The first-order chi connectivity index (χ1) is 9.99. The molecule has 112 valence electrons. The van der Waals surface area contributed by atoms with Crippen LogP contribution in [0.25, 0.3) is 0 Å². The SMILES string of the molecule is Cc1noc(N)c1C(=O)OCC(=O)N[C@@H](C)c1cccs1. The molecule has 2 aromatic rings. The minimum atomic E-state index is -0.731. The van der Waals surface area contributed by atoms with Crippen LogP contribution in [0, 0.1) is 6.92 Å². The number of nitrogen functional groups attached to an aromatic ring is 1. The Labute approximate surface area is 125 Å². The molecule has 0 aliphatic carbocycles. The summed E-state index contributed by atoms with van der Waals surface area (Å²) in [6, 6.07) is 3.68. The quantitative estimate of drug-likeness (QED) is 0.813. The van der Waals surface area contributed by atoms with Crippen LogP contribution < -0.4 is 11.1 Å². The first-order valence-corrected chi connectivity index (χ1v) is 7.08. The summed E-state index contributed by atoms with van der Waals surface area (Å²) >= 11 is 1.54. The first-order valence-electron chi connectivity index (χ1n) is 6.20. The molecular weight excluding hydrogens is 294 g/mol. The van der Waals surface area contributed by atoms with Gasteiger partial charge in [0.1, 0.15) is 5.56 Å². The summed E-state index contributed by atoms with van der Waals surface area (Å²) in [6.07, 6.45) is 0. The molecule has 0 spiro atoms. The Morgan fingerprint density at radius 1 is 1.57 bits per heavy atom. The Hall–Kier alpha value is -2.35. The van der Waals surface area contributed by atoms with E-state index in [4.69, 9.17) is 10.5 Å². The fourth-order valence-electron chi connectivity index (χ4n) is 1.73. The Bertz CT molecular complexity index is 616. The molecule has 0 aromatic carbocycles. The average molecular weight is 309 g/mol. The topological polar surface area (TPSA) is 107 Å². The number of amides is 1. The monoisotopic (exact) mass is 309 g/mol. The van der Waals surface area contributed by atoms with Crippen molar-refractivity contribution in [3.05, 3.63) is 33.6 Å². The van der Waals surface area contributed by atoms with Crippen molar-refractivity contribution in [1.82, 2.24) is 10.5 Å². The molecule has 1 atom stereocenters. The van der Waals surface area contributed by atoms with Crippen LogP contribution in [0.15, 0.2) is 22.0 Å². The second-order valence-electron chi connectivity index (χ2n) is 4.39. The van der Waals surface area contributed by atoms with Gasteiger partial charge < -0.3 is 20.3 Å². The molecule has 2 rings (SSSR count). The number of nitrogens with one attached hydrogen (secondary N) is 1. The second kappa shape index (κ2) is 6.40. The molecule has 0 saturated heterocycles. The number of hydrogen-bond donors (Lipinski definition) is 2. The van der Waals surface area contributed by atoms with Crippen LogP contribution in [0.3, 0.4) is 0 Å². The molecule has 2 aromatic heterocycles. The highest BCUT2D eigenvalue weighted by Crippen LogP contribution is 2.18. The number of nitrogens with two attached hydrogens (primary N) is 1. The van der Waals surface area contributed by atoms with E-state index in [-0.39, 0.29) is 17.5 Å². The van der Waals surface area contributed by atoms with Crippen molar-refractivity contribution >= 4 is 29.1 Å². The lowest BCUT2D eigenvalue weighted by atomic mass is 10.2. The van der Waals surface area contributed by atoms with E-state index in [0.717, 1.165) is 4.88 Å². The highest BCUT2D eigenvalue weighted by molar-refractivity contribution is 7.10. The normalized spacial score (nSPS) is 11.9. The summed E-state index contributed by atoms with van der Waals surface area (Å²) in [4.78, 5) is 24.5. The van der Waals surface area contributed by atoms with E-state index in [1.165, 1.54) is 11.3 Å². The summed E-state index contributed by atoms with van der Waals surface area (Å²) in [6.45, 7) is 3.03. The fourth-order valence-corrected chi connectivity index (χ4v) is 2.47. The highest BCUT2D eigenvalue weighted by Gasteiger charge is 2.21. The van der Waals surface area contributed by atoms with Gasteiger partial charge in [0, 0.05) is 4.88 Å². The average Bonchev–Trinajstić information content (AvgIpc) is 3.06. The minimum Gasteiger partial charge on any atom is -0.452 e. The van der Waals surface area contributed by atoms with Crippen LogP contribution in [0.5, 0.6) is 0 Å². The summed E-state index contributed by atoms with van der Waals surface area (Å²) < 4.78 is 9.57. The van der Waals surface area contributed by atoms with Crippen LogP contribution in [-0.2, 0) is 9.53 Å². The van der Waals surface area contributed by atoms with Gasteiger partial charge in [-0.15, -0.1) is 11.3 Å². The maximum atomic E-state index is 11.8. The van der Waals surface area contributed by atoms with Crippen molar-refractivity contribution in [1.29, 1.82) is 0 Å². The Morgan fingerprint density at radius 3 is 2.90 bits per heavy atom. The predicted molar refractivity (Wildman–Crippen MR) is 76.8 cm³/mol. The summed E-state index contributed by atoms with van der Waals surface area (Å²) in [5.41, 5.74) is 5.84. The lowest BCUT2D eigenvalue weighted by Gasteiger charge is -2.12. The maximum absolute atomic E-state index is 11.8. The molecular formula is C13H15N3O4S. The van der Waals surface area contributed by atoms with Crippen molar-refractivity contribution in [3.63, 3.8) is 0 Å². The van der Waals surface area contributed by atoms with E-state index >= 15 is 0 Å². The third-order valence-corrected chi connectivity index (χ3v) is 3.83. The van der Waals surface area contributed by atoms with Crippen LogP contribution in [0.4, 0.5) is 5.88 Å². The van der Waals surface area contributed by atoms with Crippen LogP contribution in [0.2, 0.25) is 0 Å². The second-order valence-corrected chi connectivity index (χ2v) is 5.37. The fraction of sp³-hybridized carbons (Fsp3) is 0.308. The van der Waals surface area contributed by atoms with Crippen molar-refractivity contribution in [2.75, 3.05) is 12.3 Å². The Kier molecular flexibility index (Phi) is 4.59. The number of ether oxygens (including phenoxy) is 1. The number of aromatic nitrogens is 1. The smallest absolute Gasteiger partial charge is 0.346 e. The summed E-state index contributed by atoms with van der Waals surface area (Å²) in [7, 11) is 0. The number of thiophene rings is 1. The molecule has 0 fully saturated rings. The number of carbonyl (C=O) groups excluding carboxylic acids is 2. The molecule has 3 N–H and O–H groups in total. The molecule has 0 radical (unpaired) electrons. The predicted octanol–water partition coefficient (Wildman–Crippen LogP) is 1.66. The first kappa shape index (κ1) is 15.0. The van der Waals surface area contributed by atoms with Gasteiger partial charge in [0.25, 0.3) is 5.91 Å². The molecule has 21 heavy (non-hydrogen) atoms. The van der Waals surface area contributed by atoms with Crippen molar-refractivity contribution in [2.24, 2.45) is 0 Å². The Morgan fingerprint density at radius 2 is 2.33 bits per heavy atom. The number of anilines is 1. The van der Waals surface area contributed by atoms with Crippen LogP contribution in [0.1, 0.15) is 33.9 Å². The molecule has 0 bridgehead atoms. The largest absolute Gasteiger partial charge is 0.452 e. The number of esters is 1. The Balaban J connectivity index is 1.85. The van der Waals surface area contributed by atoms with E-state index in [1.54, 1.807) is 6.92 Å². The van der Waals surface area contributed by atoms with Gasteiger partial charge in [0.05, 0.1) is 11.7 Å². The minimum absolute atomic E-state index is 0.0501. The molecule has 1 amide bonds. The molecule has 8 heteroatoms. The molecule has 7 nitrogen and oxygen atoms in total. The van der Waals surface area contributed by atoms with E-state index in [2.05, 4.69) is 15.0 Å². The van der Waals surface area contributed by atoms with Gasteiger partial charge in [-0.3, -0.25) is 4.79 Å². The molecule has 2 heterocycles. The zero-order chi connectivity index (χ0) is 15.4. The van der Waals surface area contributed by atoms with Gasteiger partial charge in [-0.05, 0) is 25.3 Å². The van der Waals surface area contributed by atoms with E-state index < -0.39 is 18.5 Å².